The fraction of sp³-hybridized carbons (Fsp3) is 0. The number of halogens is 1. The monoisotopic (exact) mass is 237 g/mol. The van der Waals surface area contributed by atoms with E-state index in [2.05, 4.69) is 0 Å². The molecular weight excluding hydrogens is 230 g/mol. The van der Waals surface area contributed by atoms with Crippen LogP contribution in [-0.2, 0) is 0 Å². The first-order valence-corrected chi connectivity index (χ1v) is 4.86. The van der Waals surface area contributed by atoms with E-state index in [0.717, 1.165) is 0 Å². The van der Waals surface area contributed by atoms with Crippen LogP contribution in [-0.4, -0.2) is 5.97 Å². The summed E-state index contributed by atoms with van der Waals surface area (Å²) in [5.41, 5.74) is 5.61. The minimum absolute atomic E-state index is 0.0250. The van der Waals surface area contributed by atoms with Crippen LogP contribution in [0.15, 0.2) is 41.0 Å². The first-order valence-electron chi connectivity index (χ1n) is 4.48. The highest BCUT2D eigenvalue weighted by Crippen LogP contribution is 2.25. The maximum Gasteiger partial charge on any atom is 0.349 e. The van der Waals surface area contributed by atoms with Crippen LogP contribution in [0.2, 0.25) is 5.02 Å². The summed E-state index contributed by atoms with van der Waals surface area (Å²) in [4.78, 5) is 11.6. The molecule has 1 aromatic heterocycles. The minimum Gasteiger partial charge on any atom is -0.448 e. The number of nitrogens with two attached hydrogens (primary N) is 1. The van der Waals surface area contributed by atoms with Crippen molar-refractivity contribution in [2.75, 3.05) is 5.73 Å². The van der Waals surface area contributed by atoms with Crippen molar-refractivity contribution >= 4 is 23.5 Å². The Kier molecular flexibility index (Phi) is 2.83. The van der Waals surface area contributed by atoms with Crippen LogP contribution in [0.25, 0.3) is 0 Å². The summed E-state index contributed by atoms with van der Waals surface area (Å²) in [6.45, 7) is 0. The third-order valence-corrected chi connectivity index (χ3v) is 2.27. The van der Waals surface area contributed by atoms with E-state index < -0.39 is 5.97 Å². The van der Waals surface area contributed by atoms with Crippen LogP contribution in [0, 0.1) is 0 Å². The second-order valence-electron chi connectivity index (χ2n) is 3.02. The van der Waals surface area contributed by atoms with Gasteiger partial charge in [0.15, 0.2) is 0 Å². The molecule has 0 bridgehead atoms. The first-order chi connectivity index (χ1) is 7.68. The zero-order valence-corrected chi connectivity index (χ0v) is 8.90. The molecule has 1 heterocycles. The highest BCUT2D eigenvalue weighted by Gasteiger charge is 2.15. The molecule has 0 spiro atoms. The maximum absolute atomic E-state index is 11.6. The molecule has 0 unspecified atom stereocenters. The van der Waals surface area contributed by atoms with E-state index in [0.29, 0.717) is 5.02 Å². The van der Waals surface area contributed by atoms with E-state index in [-0.39, 0.29) is 17.2 Å². The van der Waals surface area contributed by atoms with Crippen molar-refractivity contribution in [1.29, 1.82) is 0 Å². The number of hydrogen-bond donors (Lipinski definition) is 1. The van der Waals surface area contributed by atoms with Crippen LogP contribution in [0.1, 0.15) is 10.4 Å². The third kappa shape index (κ3) is 2.01. The van der Waals surface area contributed by atoms with Gasteiger partial charge in [-0.05, 0) is 18.2 Å². The van der Waals surface area contributed by atoms with Crippen molar-refractivity contribution in [3.8, 4) is 5.75 Å². The number of carbonyl (C=O) groups excluding carboxylic acids is 1. The van der Waals surface area contributed by atoms with E-state index in [9.17, 15) is 4.79 Å². The third-order valence-electron chi connectivity index (χ3n) is 1.95. The van der Waals surface area contributed by atoms with Gasteiger partial charge >= 0.3 is 5.97 Å². The highest BCUT2D eigenvalue weighted by molar-refractivity contribution is 6.32. The van der Waals surface area contributed by atoms with E-state index in [1.165, 1.54) is 12.3 Å². The maximum atomic E-state index is 11.6. The molecule has 0 amide bonds. The van der Waals surface area contributed by atoms with Crippen LogP contribution < -0.4 is 10.5 Å². The van der Waals surface area contributed by atoms with Crippen molar-refractivity contribution < 1.29 is 13.9 Å². The molecule has 0 fully saturated rings. The normalized spacial score (nSPS) is 10.1. The van der Waals surface area contributed by atoms with Gasteiger partial charge in [0.2, 0.25) is 5.88 Å². The molecular formula is C11H8ClNO3. The molecule has 16 heavy (non-hydrogen) atoms. The Labute approximate surface area is 96.6 Å². The largest absolute Gasteiger partial charge is 0.448 e. The van der Waals surface area contributed by atoms with Gasteiger partial charge < -0.3 is 14.9 Å². The van der Waals surface area contributed by atoms with Gasteiger partial charge in [-0.15, -0.1) is 0 Å². The number of benzene rings is 1. The van der Waals surface area contributed by atoms with Crippen molar-refractivity contribution in [1.82, 2.24) is 0 Å². The molecule has 0 aliphatic carbocycles. The summed E-state index contributed by atoms with van der Waals surface area (Å²) in [6.07, 6.45) is 1.32. The van der Waals surface area contributed by atoms with Crippen LogP contribution in [0.3, 0.4) is 0 Å². The molecule has 2 rings (SSSR count). The molecule has 0 saturated heterocycles. The second-order valence-corrected chi connectivity index (χ2v) is 3.43. The Morgan fingerprint density at radius 1 is 1.31 bits per heavy atom. The lowest BCUT2D eigenvalue weighted by atomic mass is 10.3. The molecule has 0 atom stereocenters. The molecule has 0 aliphatic rings. The topological polar surface area (TPSA) is 65.5 Å². The molecule has 1 aromatic carbocycles. The summed E-state index contributed by atoms with van der Waals surface area (Å²) >= 11 is 5.84. The number of esters is 1. The molecule has 0 radical (unpaired) electrons. The standard InChI is InChI=1S/C11H8ClNO3/c12-8-3-1-2-4-9(8)16-11(14)7-5-6-15-10(7)13/h1-6H,13H2. The zero-order valence-electron chi connectivity index (χ0n) is 8.14. The predicted molar refractivity (Wildman–Crippen MR) is 59.5 cm³/mol. The van der Waals surface area contributed by atoms with Gasteiger partial charge in [0, 0.05) is 0 Å². The Hall–Kier alpha value is -1.94. The number of ether oxygens (including phenoxy) is 1. The van der Waals surface area contributed by atoms with Gasteiger partial charge in [0.1, 0.15) is 11.3 Å². The number of carbonyl (C=O) groups is 1. The highest BCUT2D eigenvalue weighted by atomic mass is 35.5. The lowest BCUT2D eigenvalue weighted by Gasteiger charge is -2.04. The number of furan rings is 1. The molecule has 2 aromatic rings. The van der Waals surface area contributed by atoms with Gasteiger partial charge in [-0.3, -0.25) is 0 Å². The summed E-state index contributed by atoms with van der Waals surface area (Å²) in [5.74, 6) is -0.286. The van der Waals surface area contributed by atoms with Gasteiger partial charge in [0.25, 0.3) is 0 Å². The van der Waals surface area contributed by atoms with E-state index in [4.69, 9.17) is 26.5 Å². The Balaban J connectivity index is 2.21. The van der Waals surface area contributed by atoms with Crippen molar-refractivity contribution in [2.45, 2.75) is 0 Å². The fourth-order valence-electron chi connectivity index (χ4n) is 1.17. The number of nitrogen functional groups attached to an aromatic ring is 1. The quantitative estimate of drug-likeness (QED) is 0.644. The fourth-order valence-corrected chi connectivity index (χ4v) is 1.35. The number of para-hydroxylation sites is 1. The number of hydrogen-bond acceptors (Lipinski definition) is 4. The smallest absolute Gasteiger partial charge is 0.349 e. The molecule has 0 saturated carbocycles. The molecule has 4 nitrogen and oxygen atoms in total. The SMILES string of the molecule is Nc1occc1C(=O)Oc1ccccc1Cl. The summed E-state index contributed by atoms with van der Waals surface area (Å²) in [5, 5.41) is 0.359. The lowest BCUT2D eigenvalue weighted by molar-refractivity contribution is 0.0735. The molecule has 0 aliphatic heterocycles. The van der Waals surface area contributed by atoms with Crippen LogP contribution in [0.5, 0.6) is 5.75 Å². The lowest BCUT2D eigenvalue weighted by Crippen LogP contribution is -2.09. The van der Waals surface area contributed by atoms with Crippen molar-refractivity contribution in [2.24, 2.45) is 0 Å². The summed E-state index contributed by atoms with van der Waals surface area (Å²) < 4.78 is 9.86. The molecule has 82 valence electrons. The Morgan fingerprint density at radius 3 is 2.69 bits per heavy atom. The molecule has 2 N–H and O–H groups in total. The van der Waals surface area contributed by atoms with Crippen molar-refractivity contribution in [3.05, 3.63) is 47.2 Å². The average Bonchev–Trinajstić information content (AvgIpc) is 2.68. The number of anilines is 1. The number of rotatable bonds is 2. The zero-order chi connectivity index (χ0) is 11.5. The molecule has 5 heteroatoms. The Morgan fingerprint density at radius 2 is 2.06 bits per heavy atom. The van der Waals surface area contributed by atoms with Gasteiger partial charge in [0.05, 0.1) is 11.3 Å². The van der Waals surface area contributed by atoms with Gasteiger partial charge in [-0.2, -0.15) is 0 Å². The first kappa shape index (κ1) is 10.6. The average molecular weight is 238 g/mol. The van der Waals surface area contributed by atoms with Gasteiger partial charge in [-0.25, -0.2) is 4.79 Å². The van der Waals surface area contributed by atoms with E-state index in [1.807, 2.05) is 0 Å². The Bertz CT molecular complexity index is 521. The van der Waals surface area contributed by atoms with E-state index in [1.54, 1.807) is 24.3 Å². The van der Waals surface area contributed by atoms with Gasteiger partial charge in [-0.1, -0.05) is 23.7 Å². The minimum atomic E-state index is -0.598. The van der Waals surface area contributed by atoms with E-state index >= 15 is 0 Å². The van der Waals surface area contributed by atoms with Crippen LogP contribution >= 0.6 is 11.6 Å². The second kappa shape index (κ2) is 4.28. The van der Waals surface area contributed by atoms with Crippen molar-refractivity contribution in [3.63, 3.8) is 0 Å². The predicted octanol–water partition coefficient (Wildman–Crippen LogP) is 2.73. The summed E-state index contributed by atoms with van der Waals surface area (Å²) in [6, 6.07) is 8.12. The summed E-state index contributed by atoms with van der Waals surface area (Å²) in [7, 11) is 0. The van der Waals surface area contributed by atoms with Crippen LogP contribution in [0.4, 0.5) is 5.88 Å².